The Hall–Kier alpha value is -5.40. The molecule has 0 spiro atoms. The quantitative estimate of drug-likeness (QED) is 0.0351. The van der Waals surface area contributed by atoms with Crippen LogP contribution in [0.5, 0.6) is 11.5 Å². The van der Waals surface area contributed by atoms with Crippen molar-refractivity contribution in [2.75, 3.05) is 22.7 Å². The number of fused-ring (bicyclic) bond motifs is 2. The number of hydrogen-bond donors (Lipinski definition) is 4. The van der Waals surface area contributed by atoms with Gasteiger partial charge in [0.1, 0.15) is 37.4 Å². The van der Waals surface area contributed by atoms with Gasteiger partial charge in [0.15, 0.2) is 11.8 Å². The second-order valence-corrected chi connectivity index (χ2v) is 19.2. The maximum atomic E-state index is 13.3. The topological polar surface area (TPSA) is 360 Å². The Kier molecular flexibility index (Phi) is 19.3. The number of nitrogen functional groups attached to an aromatic ring is 1. The first-order valence-corrected chi connectivity index (χ1v) is 24.7. The summed E-state index contributed by atoms with van der Waals surface area (Å²) >= 11 is 0. The first kappa shape index (κ1) is 59.5. The third-order valence-corrected chi connectivity index (χ3v) is 12.9. The molecule has 0 saturated heterocycles. The number of para-hydroxylation sites is 1. The van der Waals surface area contributed by atoms with Gasteiger partial charge < -0.3 is 30.0 Å². The van der Waals surface area contributed by atoms with Gasteiger partial charge in [-0.2, -0.15) is 39.0 Å². The number of nitrogens with zero attached hydrogens (tertiary/aromatic N) is 8. The standard InChI is InChI=1S/C45H35N10O13S3.3Na/c1-3-68-37-23-36(50-49-29-14-18-35(46)38(21-29)70(62,63)64)34-22-31(69(59,60)61)15-17-33(34)41(37)52-53-42-39(71(65,66)67)20-26-19-28(13-16-32(26)43(42)56)47-44(57)25-9-11-27(12-10-25)48-51-40-24(2)54-55(45(40)58)30-7-5-4-6-8-30;;;/h4-20,22-23,40,56H,3,46H2,1-2H3,(H,47,57)(H,59,60,61)(H,62,63,64)(H,65,66,67);;;/q-1;3*+1/p-2. The molecule has 1 unspecified atom stereocenters. The molecule has 74 heavy (non-hydrogen) atoms. The van der Waals surface area contributed by atoms with E-state index in [0.717, 1.165) is 30.3 Å². The summed E-state index contributed by atoms with van der Waals surface area (Å²) in [4.78, 5) is 23.8. The molecule has 0 saturated carbocycles. The van der Waals surface area contributed by atoms with Crippen molar-refractivity contribution in [1.82, 2.24) is 0 Å². The van der Waals surface area contributed by atoms with Gasteiger partial charge in [-0.1, -0.05) is 30.0 Å². The van der Waals surface area contributed by atoms with Crippen LogP contribution in [0.15, 0.2) is 166 Å². The molecule has 1 aliphatic rings. The van der Waals surface area contributed by atoms with Gasteiger partial charge in [-0.25, -0.2) is 16.8 Å². The molecule has 2 amide bonds. The Morgan fingerprint density at radius 3 is 2.12 bits per heavy atom. The molecule has 5 N–H and O–H groups in total. The first-order chi connectivity index (χ1) is 33.6. The van der Waals surface area contributed by atoms with Crippen molar-refractivity contribution in [1.29, 1.82) is 0 Å². The van der Waals surface area contributed by atoms with Crippen molar-refractivity contribution in [2.24, 2.45) is 35.8 Å². The van der Waals surface area contributed by atoms with Gasteiger partial charge in [-0.15, -0.1) is 28.4 Å². The number of aromatic hydroxyl groups is 1. The third kappa shape index (κ3) is 13.2. The molecular formula is C45H33N10Na3O13S3. The van der Waals surface area contributed by atoms with Gasteiger partial charge in [-0.3, -0.25) is 14.1 Å². The zero-order chi connectivity index (χ0) is 51.0. The van der Waals surface area contributed by atoms with Crippen molar-refractivity contribution < 1.29 is 147 Å². The van der Waals surface area contributed by atoms with E-state index in [1.807, 2.05) is 6.07 Å². The average molecular weight is 1090 g/mol. The van der Waals surface area contributed by atoms with Crippen molar-refractivity contribution in [3.05, 3.63) is 127 Å². The number of nitrogens with two attached hydrogens (primary N) is 1. The van der Waals surface area contributed by atoms with Crippen molar-refractivity contribution in [3.8, 4) is 11.5 Å². The zero-order valence-electron chi connectivity index (χ0n) is 39.5. The minimum atomic E-state index is -5.43. The van der Waals surface area contributed by atoms with Gasteiger partial charge in [0.2, 0.25) is 0 Å². The minimum absolute atomic E-state index is 0. The average Bonchev–Trinajstić information content (AvgIpc) is 3.61. The van der Waals surface area contributed by atoms with Crippen LogP contribution < -0.4 is 109 Å². The third-order valence-electron chi connectivity index (χ3n) is 10.4. The molecule has 0 fully saturated rings. The number of carbonyl (C=O) groups is 2. The van der Waals surface area contributed by atoms with Gasteiger partial charge in [0.25, 0.3) is 21.9 Å². The molecule has 0 aromatic heterocycles. The fraction of sp³-hybridized carbons (Fsp3) is 0.0889. The van der Waals surface area contributed by atoms with E-state index < -0.39 is 68.4 Å². The molecule has 8 rings (SSSR count). The Balaban J connectivity index is 0.00000338. The smallest absolute Gasteiger partial charge is 0.744 e. The second kappa shape index (κ2) is 24.1. The maximum absolute atomic E-state index is 13.3. The summed E-state index contributed by atoms with van der Waals surface area (Å²) in [6.07, 6.45) is 0. The van der Waals surface area contributed by atoms with E-state index in [9.17, 15) is 53.6 Å². The molecule has 1 heterocycles. The van der Waals surface area contributed by atoms with Crippen molar-refractivity contribution >= 4 is 115 Å². The van der Waals surface area contributed by atoms with Crippen LogP contribution >= 0.6 is 0 Å². The molecule has 0 bridgehead atoms. The van der Waals surface area contributed by atoms with E-state index in [2.05, 4.69) is 47.2 Å². The number of carbonyl (C=O) groups excluding carboxylic acids is 2. The van der Waals surface area contributed by atoms with Gasteiger partial charge in [0.05, 0.1) is 39.2 Å². The summed E-state index contributed by atoms with van der Waals surface area (Å²) in [5, 5.41) is 43.9. The van der Waals surface area contributed by atoms with Crippen LogP contribution in [0.3, 0.4) is 0 Å². The van der Waals surface area contributed by atoms with E-state index in [4.69, 9.17) is 10.5 Å². The number of rotatable bonds is 14. The SMILES string of the molecule is CCOc1cc(N=Nc2[c-]c(S(=O)(=O)O)c(N)cc2)c2cc(S(=O)(=O)[O-])ccc2c1N=Nc1c(S(=O)(=O)[O-])cc2cc(NC(=O)c3ccc(N=NC4C(=O)N(c5ccccc5)N=C4C)cc3)ccc2c1O.[Na+].[Na+].[Na+]. The van der Waals surface area contributed by atoms with E-state index >= 15 is 0 Å². The number of hydrazone groups is 1. The Bertz CT molecular complexity index is 3840. The number of phenols is 1. The van der Waals surface area contributed by atoms with Crippen molar-refractivity contribution in [3.63, 3.8) is 0 Å². The summed E-state index contributed by atoms with van der Waals surface area (Å²) in [5.74, 6) is -1.94. The summed E-state index contributed by atoms with van der Waals surface area (Å²) < 4.78 is 113. The Morgan fingerprint density at radius 2 is 1.47 bits per heavy atom. The largest absolute Gasteiger partial charge is 1.00 e. The summed E-state index contributed by atoms with van der Waals surface area (Å²) in [7, 11) is -15.3. The number of benzene rings is 7. The summed E-state index contributed by atoms with van der Waals surface area (Å²) in [6.45, 7) is 3.20. The van der Waals surface area contributed by atoms with Crippen LogP contribution in [0.1, 0.15) is 24.2 Å². The fourth-order valence-electron chi connectivity index (χ4n) is 7.07. The summed E-state index contributed by atoms with van der Waals surface area (Å²) in [6, 6.07) is 27.5. The predicted molar refractivity (Wildman–Crippen MR) is 254 cm³/mol. The van der Waals surface area contributed by atoms with Gasteiger partial charge in [0, 0.05) is 38.4 Å². The predicted octanol–water partition coefficient (Wildman–Crippen LogP) is -0.495. The fourth-order valence-corrected chi connectivity index (χ4v) is 8.81. The van der Waals surface area contributed by atoms with E-state index in [0.29, 0.717) is 17.1 Å². The molecule has 1 aliphatic heterocycles. The molecule has 0 radical (unpaired) electrons. The van der Waals surface area contributed by atoms with Crippen LogP contribution in [0, 0.1) is 6.07 Å². The minimum Gasteiger partial charge on any atom is -0.744 e. The molecular weight excluding hydrogens is 1050 g/mol. The molecule has 1 atom stereocenters. The normalized spacial score (nSPS) is 14.0. The van der Waals surface area contributed by atoms with Gasteiger partial charge >= 0.3 is 88.7 Å². The Morgan fingerprint density at radius 1 is 0.797 bits per heavy atom. The molecule has 29 heteroatoms. The molecule has 7 aromatic rings. The number of nitrogens with one attached hydrogen (secondary N) is 1. The van der Waals surface area contributed by atoms with Crippen LogP contribution in [0.25, 0.3) is 21.5 Å². The van der Waals surface area contributed by atoms with Crippen LogP contribution in [0.4, 0.5) is 45.5 Å². The number of phenolic OH excluding ortho intramolecular Hbond substituents is 1. The van der Waals surface area contributed by atoms with Crippen molar-refractivity contribution in [2.45, 2.75) is 34.6 Å². The zero-order valence-corrected chi connectivity index (χ0v) is 48.0. The van der Waals surface area contributed by atoms with E-state index in [-0.39, 0.29) is 162 Å². The number of amides is 2. The van der Waals surface area contributed by atoms with Crippen LogP contribution in [-0.2, 0) is 35.1 Å². The summed E-state index contributed by atoms with van der Waals surface area (Å²) in [5.41, 5.74) is 5.49. The maximum Gasteiger partial charge on any atom is 1.00 e. The molecule has 362 valence electrons. The van der Waals surface area contributed by atoms with Crippen LogP contribution in [0.2, 0.25) is 0 Å². The van der Waals surface area contributed by atoms with Gasteiger partial charge in [-0.05, 0) is 97.7 Å². The number of ether oxygens (including phenoxy) is 1. The molecule has 0 aliphatic carbocycles. The molecule has 23 nitrogen and oxygen atoms in total. The van der Waals surface area contributed by atoms with Crippen LogP contribution in [-0.4, -0.2) is 74.2 Å². The molecule has 7 aromatic carbocycles. The number of hydrogen-bond acceptors (Lipinski definition) is 20. The van der Waals surface area contributed by atoms with E-state index in [1.165, 1.54) is 59.6 Å². The second-order valence-electron chi connectivity index (χ2n) is 15.1. The van der Waals surface area contributed by atoms with E-state index in [1.54, 1.807) is 38.1 Å². The first-order valence-electron chi connectivity index (χ1n) is 20.4. The Labute approximate surface area is 488 Å². The monoisotopic (exact) mass is 1090 g/mol. The number of azo groups is 3. The number of anilines is 3.